The van der Waals surface area contributed by atoms with Gasteiger partial charge in [0.05, 0.1) is 18.3 Å². The Kier molecular flexibility index (Phi) is 4.56. The summed E-state index contributed by atoms with van der Waals surface area (Å²) in [5, 5.41) is 0. The number of rotatable bonds is 3. The summed E-state index contributed by atoms with van der Waals surface area (Å²) >= 11 is 6.54. The van der Waals surface area contributed by atoms with Crippen LogP contribution < -0.4 is 5.73 Å². The van der Waals surface area contributed by atoms with Gasteiger partial charge in [-0.25, -0.2) is 8.42 Å². The van der Waals surface area contributed by atoms with Gasteiger partial charge in [-0.15, -0.1) is 0 Å². The number of nitrogen functional groups attached to an aromatic ring is 1. The SMILES string of the molecule is CN(C1CCOC1)S(=O)(=O)c1c(N)cc(Br)cc1Br. The lowest BCUT2D eigenvalue weighted by molar-refractivity contribution is 0.181. The first kappa shape index (κ1) is 15.2. The molecule has 1 saturated heterocycles. The lowest BCUT2D eigenvalue weighted by Gasteiger charge is -2.24. The van der Waals surface area contributed by atoms with Crippen molar-refractivity contribution in [1.29, 1.82) is 0 Å². The van der Waals surface area contributed by atoms with Crippen LogP contribution >= 0.6 is 31.9 Å². The molecule has 1 atom stereocenters. The fourth-order valence-electron chi connectivity index (χ4n) is 2.00. The maximum atomic E-state index is 12.6. The predicted octanol–water partition coefficient (Wildman–Crippen LogP) is 2.20. The molecule has 106 valence electrons. The Morgan fingerprint density at radius 1 is 1.42 bits per heavy atom. The van der Waals surface area contributed by atoms with E-state index in [1.54, 1.807) is 19.2 Å². The minimum Gasteiger partial charge on any atom is -0.398 e. The Morgan fingerprint density at radius 3 is 2.63 bits per heavy atom. The second-order valence-electron chi connectivity index (χ2n) is 4.34. The van der Waals surface area contributed by atoms with Crippen LogP contribution in [0.15, 0.2) is 26.0 Å². The van der Waals surface area contributed by atoms with E-state index in [1.807, 2.05) is 0 Å². The predicted molar refractivity (Wildman–Crippen MR) is 80.4 cm³/mol. The highest BCUT2D eigenvalue weighted by atomic mass is 79.9. The fourth-order valence-corrected chi connectivity index (χ4v) is 5.38. The van der Waals surface area contributed by atoms with E-state index in [1.165, 1.54) is 4.31 Å². The van der Waals surface area contributed by atoms with Crippen LogP contribution in [0.2, 0.25) is 0 Å². The molecule has 8 heteroatoms. The van der Waals surface area contributed by atoms with Crippen molar-refractivity contribution in [1.82, 2.24) is 4.31 Å². The van der Waals surface area contributed by atoms with Crippen LogP contribution in [-0.2, 0) is 14.8 Å². The maximum Gasteiger partial charge on any atom is 0.246 e. The molecule has 1 aromatic rings. The van der Waals surface area contributed by atoms with Crippen LogP contribution in [-0.4, -0.2) is 39.0 Å². The van der Waals surface area contributed by atoms with Crippen molar-refractivity contribution < 1.29 is 13.2 Å². The van der Waals surface area contributed by atoms with Gasteiger partial charge in [-0.1, -0.05) is 15.9 Å². The van der Waals surface area contributed by atoms with Gasteiger partial charge in [0.15, 0.2) is 0 Å². The van der Waals surface area contributed by atoms with Gasteiger partial charge in [-0.05, 0) is 34.5 Å². The van der Waals surface area contributed by atoms with E-state index in [0.717, 1.165) is 4.47 Å². The zero-order valence-electron chi connectivity index (χ0n) is 10.3. The van der Waals surface area contributed by atoms with Crippen LogP contribution in [0.1, 0.15) is 6.42 Å². The largest absolute Gasteiger partial charge is 0.398 e. The Hall–Kier alpha value is -0.150. The molecule has 0 aliphatic carbocycles. The first-order valence-electron chi connectivity index (χ1n) is 5.64. The number of sulfonamides is 1. The van der Waals surface area contributed by atoms with Crippen molar-refractivity contribution in [3.8, 4) is 0 Å². The van der Waals surface area contributed by atoms with Crippen molar-refractivity contribution in [2.45, 2.75) is 17.4 Å². The smallest absolute Gasteiger partial charge is 0.246 e. The molecule has 2 N–H and O–H groups in total. The second-order valence-corrected chi connectivity index (χ2v) is 8.05. The molecule has 1 fully saturated rings. The van der Waals surface area contributed by atoms with E-state index in [2.05, 4.69) is 31.9 Å². The lowest BCUT2D eigenvalue weighted by atomic mass is 10.3. The van der Waals surface area contributed by atoms with Crippen LogP contribution in [0.25, 0.3) is 0 Å². The number of ether oxygens (including phenoxy) is 1. The molecule has 0 spiro atoms. The van der Waals surface area contributed by atoms with Crippen molar-refractivity contribution in [2.24, 2.45) is 0 Å². The van der Waals surface area contributed by atoms with Crippen LogP contribution in [0.4, 0.5) is 5.69 Å². The number of benzene rings is 1. The number of halogens is 2. The molecule has 0 amide bonds. The first-order chi connectivity index (χ1) is 8.84. The second kappa shape index (κ2) is 5.69. The molecule has 1 heterocycles. The van der Waals surface area contributed by atoms with Crippen LogP contribution in [0.5, 0.6) is 0 Å². The van der Waals surface area contributed by atoms with Gasteiger partial charge in [0.25, 0.3) is 0 Å². The third-order valence-electron chi connectivity index (χ3n) is 3.09. The van der Waals surface area contributed by atoms with E-state index < -0.39 is 10.0 Å². The topological polar surface area (TPSA) is 72.6 Å². The van der Waals surface area contributed by atoms with Gasteiger partial charge < -0.3 is 10.5 Å². The summed E-state index contributed by atoms with van der Waals surface area (Å²) in [5.41, 5.74) is 6.06. The third kappa shape index (κ3) is 2.97. The van der Waals surface area contributed by atoms with Crippen molar-refractivity contribution in [3.63, 3.8) is 0 Å². The number of hydrogen-bond acceptors (Lipinski definition) is 4. The van der Waals surface area contributed by atoms with Gasteiger partial charge >= 0.3 is 0 Å². The van der Waals surface area contributed by atoms with Crippen LogP contribution in [0, 0.1) is 0 Å². The molecule has 5 nitrogen and oxygen atoms in total. The highest BCUT2D eigenvalue weighted by Crippen LogP contribution is 2.34. The molecule has 19 heavy (non-hydrogen) atoms. The highest BCUT2D eigenvalue weighted by Gasteiger charge is 2.33. The summed E-state index contributed by atoms with van der Waals surface area (Å²) in [6, 6.07) is 3.11. The minimum atomic E-state index is -3.64. The Balaban J connectivity index is 2.44. The van der Waals surface area contributed by atoms with E-state index in [0.29, 0.717) is 24.1 Å². The Labute approximate surface area is 129 Å². The molecular weight excluding hydrogens is 400 g/mol. The van der Waals surface area contributed by atoms with Crippen molar-refractivity contribution in [3.05, 3.63) is 21.1 Å². The van der Waals surface area contributed by atoms with E-state index >= 15 is 0 Å². The lowest BCUT2D eigenvalue weighted by Crippen LogP contribution is -2.37. The normalized spacial score (nSPS) is 20.1. The number of hydrogen-bond donors (Lipinski definition) is 1. The van der Waals surface area contributed by atoms with Crippen molar-refractivity contribution >= 4 is 47.6 Å². The molecule has 2 rings (SSSR count). The van der Waals surface area contributed by atoms with E-state index in [9.17, 15) is 8.42 Å². The molecule has 1 aliphatic rings. The van der Waals surface area contributed by atoms with Gasteiger partial charge in [0.2, 0.25) is 10.0 Å². The fraction of sp³-hybridized carbons (Fsp3) is 0.455. The molecular formula is C11H14Br2N2O3S. The van der Waals surface area contributed by atoms with E-state index in [4.69, 9.17) is 10.5 Å². The van der Waals surface area contributed by atoms with Gasteiger partial charge in [0, 0.05) is 22.6 Å². The number of anilines is 1. The molecule has 0 aromatic heterocycles. The number of nitrogens with two attached hydrogens (primary N) is 1. The summed E-state index contributed by atoms with van der Waals surface area (Å²) < 4.78 is 33.0. The van der Waals surface area contributed by atoms with Gasteiger partial charge in [0.1, 0.15) is 4.90 Å². The third-order valence-corrected chi connectivity index (χ3v) is 6.47. The summed E-state index contributed by atoms with van der Waals surface area (Å²) in [4.78, 5) is 0.102. The zero-order chi connectivity index (χ0) is 14.2. The average molecular weight is 414 g/mol. The quantitative estimate of drug-likeness (QED) is 0.771. The summed E-state index contributed by atoms with van der Waals surface area (Å²) in [6.07, 6.45) is 0.698. The molecule has 0 saturated carbocycles. The average Bonchev–Trinajstić information content (AvgIpc) is 2.78. The Morgan fingerprint density at radius 2 is 2.11 bits per heavy atom. The summed E-state index contributed by atoms with van der Waals surface area (Å²) in [5.74, 6) is 0. The van der Waals surface area contributed by atoms with E-state index in [-0.39, 0.29) is 16.6 Å². The van der Waals surface area contributed by atoms with Gasteiger partial charge in [-0.3, -0.25) is 0 Å². The molecule has 1 aromatic carbocycles. The Bertz CT molecular complexity index is 563. The molecule has 0 bridgehead atoms. The number of nitrogens with zero attached hydrogens (tertiary/aromatic N) is 1. The summed E-state index contributed by atoms with van der Waals surface area (Å²) in [6.45, 7) is 1.01. The number of likely N-dealkylation sites (N-methyl/N-ethyl adjacent to an activating group) is 1. The van der Waals surface area contributed by atoms with Crippen molar-refractivity contribution in [2.75, 3.05) is 26.0 Å². The molecule has 0 radical (unpaired) electrons. The monoisotopic (exact) mass is 412 g/mol. The molecule has 1 unspecified atom stereocenters. The van der Waals surface area contributed by atoms with Crippen LogP contribution in [0.3, 0.4) is 0 Å². The molecule has 1 aliphatic heterocycles. The highest BCUT2D eigenvalue weighted by molar-refractivity contribution is 9.11. The zero-order valence-corrected chi connectivity index (χ0v) is 14.3. The summed E-state index contributed by atoms with van der Waals surface area (Å²) in [7, 11) is -2.08. The minimum absolute atomic E-state index is 0.102. The standard InChI is InChI=1S/C11H14Br2N2O3S/c1-15(8-2-3-18-6-8)19(16,17)11-9(13)4-7(12)5-10(11)14/h4-5,8H,2-3,6,14H2,1H3. The van der Waals surface area contributed by atoms with Gasteiger partial charge in [-0.2, -0.15) is 4.31 Å². The first-order valence-corrected chi connectivity index (χ1v) is 8.67. The maximum absolute atomic E-state index is 12.6.